The fraction of sp³-hybridized carbons (Fsp3) is 0.846. The Morgan fingerprint density at radius 1 is 0.316 bits per heavy atom. The topological polar surface area (TPSA) is 75.4 Å². The van der Waals surface area contributed by atoms with Crippen LogP contribution in [0.15, 0.2) is 20.0 Å². The smallest absolute Gasteiger partial charge is 0.195 e. The van der Waals surface area contributed by atoms with Crippen molar-refractivity contribution in [2.45, 2.75) is 37.0 Å². The molecule has 1 saturated carbocycles. The molecule has 0 N–H and O–H groups in total. The van der Waals surface area contributed by atoms with E-state index in [0.29, 0.717) is 0 Å². The summed E-state index contributed by atoms with van der Waals surface area (Å²) >= 11 is 0. The molecular formula is C26H56N12. The van der Waals surface area contributed by atoms with Crippen molar-refractivity contribution in [1.82, 2.24) is 39.2 Å². The molecule has 0 bridgehead atoms. The molecule has 0 saturated heterocycles. The SMILES string of the molecule is CN(C)C(=NC1CC(N=C(N(C)C)N(C)C)C(N=C(N(C)C)N(C)C)CC1N=C(N(C)C)N(C)C)N(C)C. The number of hydrogen-bond donors (Lipinski definition) is 0. The number of hydrogen-bond acceptors (Lipinski definition) is 4. The lowest BCUT2D eigenvalue weighted by atomic mass is 9.83. The van der Waals surface area contributed by atoms with Crippen LogP contribution in [0.5, 0.6) is 0 Å². The predicted octanol–water partition coefficient (Wildman–Crippen LogP) is 0.171. The highest BCUT2D eigenvalue weighted by Gasteiger charge is 2.39. The Morgan fingerprint density at radius 3 is 0.553 bits per heavy atom. The summed E-state index contributed by atoms with van der Waals surface area (Å²) < 4.78 is 0. The van der Waals surface area contributed by atoms with Crippen LogP contribution in [0.25, 0.3) is 0 Å². The Bertz CT molecular complexity index is 674. The monoisotopic (exact) mass is 536 g/mol. The van der Waals surface area contributed by atoms with Crippen LogP contribution in [0, 0.1) is 0 Å². The number of nitrogens with zero attached hydrogens (tertiary/aromatic N) is 12. The summed E-state index contributed by atoms with van der Waals surface area (Å²) in [5, 5.41) is 0. The van der Waals surface area contributed by atoms with Crippen LogP contribution in [0.3, 0.4) is 0 Å². The predicted molar refractivity (Wildman–Crippen MR) is 164 cm³/mol. The van der Waals surface area contributed by atoms with E-state index in [1.54, 1.807) is 0 Å². The van der Waals surface area contributed by atoms with Crippen molar-refractivity contribution < 1.29 is 0 Å². The van der Waals surface area contributed by atoms with Crippen molar-refractivity contribution in [1.29, 1.82) is 0 Å². The van der Waals surface area contributed by atoms with Crippen LogP contribution in [0.4, 0.5) is 0 Å². The van der Waals surface area contributed by atoms with Gasteiger partial charge in [-0.15, -0.1) is 0 Å². The van der Waals surface area contributed by atoms with E-state index < -0.39 is 0 Å². The first kappa shape index (κ1) is 33.1. The molecule has 1 fully saturated rings. The van der Waals surface area contributed by atoms with Gasteiger partial charge in [0, 0.05) is 113 Å². The third-order valence-electron chi connectivity index (χ3n) is 6.18. The van der Waals surface area contributed by atoms with Gasteiger partial charge in [0.1, 0.15) is 0 Å². The van der Waals surface area contributed by atoms with Crippen LogP contribution < -0.4 is 0 Å². The molecule has 4 unspecified atom stereocenters. The summed E-state index contributed by atoms with van der Waals surface area (Å²) in [5.41, 5.74) is 0. The van der Waals surface area contributed by atoms with Gasteiger partial charge in [0.15, 0.2) is 23.8 Å². The largest absolute Gasteiger partial charge is 0.349 e. The first-order valence-electron chi connectivity index (χ1n) is 13.2. The highest BCUT2D eigenvalue weighted by atomic mass is 15.4. The molecule has 12 heteroatoms. The third kappa shape index (κ3) is 9.13. The van der Waals surface area contributed by atoms with E-state index in [1.165, 1.54) is 0 Å². The zero-order chi connectivity index (χ0) is 29.5. The Hall–Kier alpha value is -2.92. The van der Waals surface area contributed by atoms with E-state index in [4.69, 9.17) is 20.0 Å². The lowest BCUT2D eigenvalue weighted by Gasteiger charge is -2.39. The fourth-order valence-electron chi connectivity index (χ4n) is 4.80. The number of aliphatic imine (C=N–C) groups is 4. The Morgan fingerprint density at radius 2 is 0.447 bits per heavy atom. The van der Waals surface area contributed by atoms with Crippen molar-refractivity contribution in [3.63, 3.8) is 0 Å². The molecule has 1 rings (SSSR count). The molecule has 38 heavy (non-hydrogen) atoms. The van der Waals surface area contributed by atoms with Gasteiger partial charge in [-0.2, -0.15) is 0 Å². The molecule has 0 aromatic heterocycles. The molecule has 220 valence electrons. The molecule has 1 aliphatic carbocycles. The minimum Gasteiger partial charge on any atom is -0.349 e. The molecule has 0 aliphatic heterocycles. The summed E-state index contributed by atoms with van der Waals surface area (Å²) in [6.45, 7) is 0. The first-order chi connectivity index (χ1) is 17.5. The lowest BCUT2D eigenvalue weighted by Crippen LogP contribution is -2.49. The van der Waals surface area contributed by atoms with E-state index in [9.17, 15) is 0 Å². The Balaban J connectivity index is 3.87. The quantitative estimate of drug-likeness (QED) is 0.372. The van der Waals surface area contributed by atoms with E-state index in [-0.39, 0.29) is 24.2 Å². The normalized spacial score (nSPS) is 20.4. The summed E-state index contributed by atoms with van der Waals surface area (Å²) in [7, 11) is 32.5. The van der Waals surface area contributed by atoms with Gasteiger partial charge in [-0.05, 0) is 12.8 Å². The van der Waals surface area contributed by atoms with Gasteiger partial charge in [-0.1, -0.05) is 0 Å². The maximum Gasteiger partial charge on any atom is 0.195 e. The molecule has 4 atom stereocenters. The molecule has 0 amide bonds. The molecule has 0 spiro atoms. The molecule has 0 heterocycles. The number of guanidine groups is 4. The van der Waals surface area contributed by atoms with Crippen molar-refractivity contribution >= 4 is 23.8 Å². The maximum absolute atomic E-state index is 5.28. The van der Waals surface area contributed by atoms with Crippen molar-refractivity contribution in [2.24, 2.45) is 20.0 Å². The van der Waals surface area contributed by atoms with E-state index >= 15 is 0 Å². The van der Waals surface area contributed by atoms with Gasteiger partial charge >= 0.3 is 0 Å². The second kappa shape index (κ2) is 14.3. The van der Waals surface area contributed by atoms with Crippen molar-refractivity contribution in [3.8, 4) is 0 Å². The Kier molecular flexibility index (Phi) is 12.5. The first-order valence-corrected chi connectivity index (χ1v) is 13.2. The van der Waals surface area contributed by atoms with E-state index in [0.717, 1.165) is 36.7 Å². The van der Waals surface area contributed by atoms with E-state index in [1.807, 2.05) is 113 Å². The van der Waals surface area contributed by atoms with Crippen LogP contribution in [-0.4, -0.2) is 200 Å². The van der Waals surface area contributed by atoms with Crippen LogP contribution in [0.2, 0.25) is 0 Å². The Labute approximate surface area is 233 Å². The maximum atomic E-state index is 5.28. The highest BCUT2D eigenvalue weighted by Crippen LogP contribution is 2.31. The summed E-state index contributed by atoms with van der Waals surface area (Å²) in [6.07, 6.45) is 1.47. The number of rotatable bonds is 4. The summed E-state index contributed by atoms with van der Waals surface area (Å²) in [4.78, 5) is 37.6. The molecular weight excluding hydrogens is 480 g/mol. The van der Waals surface area contributed by atoms with Gasteiger partial charge in [-0.3, -0.25) is 0 Å². The van der Waals surface area contributed by atoms with Crippen molar-refractivity contribution in [2.75, 3.05) is 113 Å². The zero-order valence-electron chi connectivity index (χ0n) is 27.1. The second-order valence-corrected chi connectivity index (χ2v) is 11.6. The molecule has 12 nitrogen and oxygen atoms in total. The minimum atomic E-state index is -0.0577. The molecule has 0 aromatic carbocycles. The summed E-state index contributed by atoms with van der Waals surface area (Å²) in [5.74, 6) is 3.66. The van der Waals surface area contributed by atoms with Gasteiger partial charge in [0.05, 0.1) is 24.2 Å². The molecule has 0 aromatic rings. The average Bonchev–Trinajstić information content (AvgIpc) is 2.76. The average molecular weight is 537 g/mol. The highest BCUT2D eigenvalue weighted by molar-refractivity contribution is 5.82. The van der Waals surface area contributed by atoms with Gasteiger partial charge in [0.25, 0.3) is 0 Å². The third-order valence-corrected chi connectivity index (χ3v) is 6.18. The standard InChI is InChI=1S/C26H56N12/c1-31(2)23(32(3)4)27-19-17-21(29-25(35(9)10)36(11)12)22(30-26(37(13)14)38(15)16)18-20(19)28-24(33(5)6)34(7)8/h19-22H,17-18H2,1-16H3. The zero-order valence-corrected chi connectivity index (χ0v) is 27.1. The minimum absolute atomic E-state index is 0.0577. The summed E-state index contributed by atoms with van der Waals surface area (Å²) in [6, 6.07) is -0.231. The van der Waals surface area contributed by atoms with Crippen molar-refractivity contribution in [3.05, 3.63) is 0 Å². The lowest BCUT2D eigenvalue weighted by molar-refractivity contribution is 0.295. The van der Waals surface area contributed by atoms with Gasteiger partial charge < -0.3 is 39.2 Å². The van der Waals surface area contributed by atoms with E-state index in [2.05, 4.69) is 39.2 Å². The van der Waals surface area contributed by atoms with Crippen LogP contribution >= 0.6 is 0 Å². The van der Waals surface area contributed by atoms with Gasteiger partial charge in [0.2, 0.25) is 0 Å². The van der Waals surface area contributed by atoms with Gasteiger partial charge in [-0.25, -0.2) is 20.0 Å². The fourth-order valence-corrected chi connectivity index (χ4v) is 4.80. The van der Waals surface area contributed by atoms with Crippen LogP contribution in [0.1, 0.15) is 12.8 Å². The van der Waals surface area contributed by atoms with Crippen LogP contribution in [-0.2, 0) is 0 Å². The molecule has 1 aliphatic rings. The second-order valence-electron chi connectivity index (χ2n) is 11.6. The molecule has 0 radical (unpaired) electrons.